The number of ketones is 1. The SMILES string of the molecule is Cc1cc(NCC(=O)CC2CCCN(c3ncnc4[nH]ccc34)C2)n(C(C)(C)C)n1. The van der Waals surface area contributed by atoms with Crippen molar-refractivity contribution in [1.82, 2.24) is 24.7 Å². The number of H-pyrrole nitrogens is 1. The minimum Gasteiger partial charge on any atom is -0.363 e. The Morgan fingerprint density at radius 1 is 1.33 bits per heavy atom. The molecule has 8 heteroatoms. The van der Waals surface area contributed by atoms with Crippen LogP contribution in [0.2, 0.25) is 0 Å². The van der Waals surface area contributed by atoms with Gasteiger partial charge in [-0.2, -0.15) is 5.10 Å². The summed E-state index contributed by atoms with van der Waals surface area (Å²) in [5.74, 6) is 2.43. The summed E-state index contributed by atoms with van der Waals surface area (Å²) in [6.07, 6.45) is 6.21. The van der Waals surface area contributed by atoms with Crippen LogP contribution in [0.25, 0.3) is 11.0 Å². The lowest BCUT2D eigenvalue weighted by atomic mass is 9.92. The van der Waals surface area contributed by atoms with Gasteiger partial charge in [-0.15, -0.1) is 0 Å². The summed E-state index contributed by atoms with van der Waals surface area (Å²) in [7, 11) is 0. The number of aromatic nitrogens is 5. The molecule has 0 amide bonds. The lowest BCUT2D eigenvalue weighted by Gasteiger charge is -2.33. The summed E-state index contributed by atoms with van der Waals surface area (Å²) in [5.41, 5.74) is 1.67. The van der Waals surface area contributed by atoms with E-state index < -0.39 is 0 Å². The Bertz CT molecular complexity index is 1030. The van der Waals surface area contributed by atoms with Gasteiger partial charge in [-0.05, 0) is 52.5 Å². The van der Waals surface area contributed by atoms with Crippen molar-refractivity contribution >= 4 is 28.5 Å². The van der Waals surface area contributed by atoms with Crippen molar-refractivity contribution < 1.29 is 4.79 Å². The molecule has 1 aliphatic rings. The molecule has 0 aliphatic carbocycles. The highest BCUT2D eigenvalue weighted by Crippen LogP contribution is 2.28. The smallest absolute Gasteiger partial charge is 0.152 e. The van der Waals surface area contributed by atoms with Gasteiger partial charge >= 0.3 is 0 Å². The lowest BCUT2D eigenvalue weighted by molar-refractivity contribution is -0.118. The molecular formula is C22H31N7O. The van der Waals surface area contributed by atoms with Crippen LogP contribution in [-0.2, 0) is 10.3 Å². The summed E-state index contributed by atoms with van der Waals surface area (Å²) in [5, 5.41) is 8.91. The number of rotatable bonds is 6. The number of aromatic amines is 1. The average Bonchev–Trinajstić information content (AvgIpc) is 3.32. The number of nitrogens with one attached hydrogen (secondary N) is 2. The summed E-state index contributed by atoms with van der Waals surface area (Å²) in [6.45, 7) is 10.4. The largest absolute Gasteiger partial charge is 0.363 e. The molecule has 4 rings (SSSR count). The van der Waals surface area contributed by atoms with Gasteiger partial charge in [0.1, 0.15) is 23.6 Å². The highest BCUT2D eigenvalue weighted by molar-refractivity contribution is 5.87. The van der Waals surface area contributed by atoms with Crippen molar-refractivity contribution in [2.75, 3.05) is 29.9 Å². The lowest BCUT2D eigenvalue weighted by Crippen LogP contribution is -2.37. The van der Waals surface area contributed by atoms with Crippen molar-refractivity contribution in [1.29, 1.82) is 0 Å². The van der Waals surface area contributed by atoms with Crippen molar-refractivity contribution in [2.24, 2.45) is 5.92 Å². The molecule has 30 heavy (non-hydrogen) atoms. The van der Waals surface area contributed by atoms with E-state index in [9.17, 15) is 4.79 Å². The van der Waals surface area contributed by atoms with Gasteiger partial charge in [0.25, 0.3) is 0 Å². The number of anilines is 2. The van der Waals surface area contributed by atoms with Crippen LogP contribution in [0.4, 0.5) is 11.6 Å². The Hall–Kier alpha value is -2.90. The summed E-state index contributed by atoms with van der Waals surface area (Å²) in [6, 6.07) is 4.02. The normalized spacial score (nSPS) is 17.5. The van der Waals surface area contributed by atoms with E-state index in [1.807, 2.05) is 29.9 Å². The minimum atomic E-state index is -0.134. The Morgan fingerprint density at radius 3 is 2.97 bits per heavy atom. The molecule has 8 nitrogen and oxygen atoms in total. The maximum Gasteiger partial charge on any atom is 0.152 e. The number of carbonyl (C=O) groups excluding carboxylic acids is 1. The highest BCUT2D eigenvalue weighted by atomic mass is 16.1. The molecule has 1 fully saturated rings. The van der Waals surface area contributed by atoms with Crippen LogP contribution < -0.4 is 10.2 Å². The molecule has 4 heterocycles. The van der Waals surface area contributed by atoms with Crippen LogP contribution in [0.1, 0.15) is 45.7 Å². The van der Waals surface area contributed by atoms with E-state index in [-0.39, 0.29) is 11.3 Å². The number of aryl methyl sites for hydroxylation is 1. The third kappa shape index (κ3) is 4.32. The molecule has 0 bridgehead atoms. The minimum absolute atomic E-state index is 0.134. The molecule has 0 radical (unpaired) electrons. The van der Waals surface area contributed by atoms with Crippen molar-refractivity contribution in [3.63, 3.8) is 0 Å². The first-order valence-corrected chi connectivity index (χ1v) is 10.7. The molecule has 0 saturated carbocycles. The van der Waals surface area contributed by atoms with E-state index in [1.165, 1.54) is 0 Å². The van der Waals surface area contributed by atoms with E-state index in [1.54, 1.807) is 6.33 Å². The van der Waals surface area contributed by atoms with Crippen LogP contribution in [0, 0.1) is 12.8 Å². The van der Waals surface area contributed by atoms with Crippen LogP contribution in [0.3, 0.4) is 0 Å². The maximum absolute atomic E-state index is 12.7. The molecule has 0 spiro atoms. The van der Waals surface area contributed by atoms with E-state index in [2.05, 4.69) is 51.0 Å². The average molecular weight is 410 g/mol. The number of fused-ring (bicyclic) bond motifs is 1. The highest BCUT2D eigenvalue weighted by Gasteiger charge is 2.25. The molecule has 0 aromatic carbocycles. The van der Waals surface area contributed by atoms with Gasteiger partial charge in [-0.3, -0.25) is 4.79 Å². The van der Waals surface area contributed by atoms with Crippen LogP contribution in [0.5, 0.6) is 0 Å². The molecule has 1 saturated heterocycles. The second-order valence-electron chi connectivity index (χ2n) is 9.24. The summed E-state index contributed by atoms with van der Waals surface area (Å²) < 4.78 is 1.95. The second kappa shape index (κ2) is 8.08. The second-order valence-corrected chi connectivity index (χ2v) is 9.24. The Balaban J connectivity index is 1.37. The zero-order valence-electron chi connectivity index (χ0n) is 18.3. The van der Waals surface area contributed by atoms with Crippen molar-refractivity contribution in [3.8, 4) is 0 Å². The maximum atomic E-state index is 12.7. The van der Waals surface area contributed by atoms with E-state index in [0.29, 0.717) is 18.9 Å². The predicted octanol–water partition coefficient (Wildman–Crippen LogP) is 3.51. The quantitative estimate of drug-likeness (QED) is 0.647. The van der Waals surface area contributed by atoms with Gasteiger partial charge in [0.15, 0.2) is 5.78 Å². The van der Waals surface area contributed by atoms with Gasteiger partial charge in [0, 0.05) is 31.8 Å². The Morgan fingerprint density at radius 2 is 2.17 bits per heavy atom. The van der Waals surface area contributed by atoms with Gasteiger partial charge < -0.3 is 15.2 Å². The molecule has 3 aromatic heterocycles. The predicted molar refractivity (Wildman–Crippen MR) is 119 cm³/mol. The fourth-order valence-corrected chi connectivity index (χ4v) is 4.25. The zero-order valence-corrected chi connectivity index (χ0v) is 18.3. The summed E-state index contributed by atoms with van der Waals surface area (Å²) in [4.78, 5) is 27.0. The van der Waals surface area contributed by atoms with Gasteiger partial charge in [-0.25, -0.2) is 14.6 Å². The van der Waals surface area contributed by atoms with Gasteiger partial charge in [-0.1, -0.05) is 0 Å². The molecule has 160 valence electrons. The third-order valence-electron chi connectivity index (χ3n) is 5.60. The topological polar surface area (TPSA) is 91.7 Å². The van der Waals surface area contributed by atoms with Crippen LogP contribution in [-0.4, -0.2) is 50.1 Å². The number of carbonyl (C=O) groups is 1. The van der Waals surface area contributed by atoms with Crippen LogP contribution >= 0.6 is 0 Å². The first-order valence-electron chi connectivity index (χ1n) is 10.7. The molecule has 1 unspecified atom stereocenters. The van der Waals surface area contributed by atoms with E-state index in [4.69, 9.17) is 0 Å². The Kier molecular flexibility index (Phi) is 5.49. The number of hydrogen-bond donors (Lipinski definition) is 2. The van der Waals surface area contributed by atoms with Gasteiger partial charge in [0.05, 0.1) is 23.2 Å². The molecule has 3 aromatic rings. The Labute approximate surface area is 177 Å². The fourth-order valence-electron chi connectivity index (χ4n) is 4.25. The van der Waals surface area contributed by atoms with Crippen LogP contribution in [0.15, 0.2) is 24.7 Å². The monoisotopic (exact) mass is 409 g/mol. The molecule has 1 atom stereocenters. The van der Waals surface area contributed by atoms with Crippen molar-refractivity contribution in [2.45, 2.75) is 52.5 Å². The standard InChI is InChI=1S/C22H31N7O/c1-15-10-19(29(27-15)22(2,3)4)24-12-17(30)11-16-6-5-9-28(13-16)21-18-7-8-23-20(18)25-14-26-21/h7-8,10,14,16,24H,5-6,9,11-13H2,1-4H3,(H,23,25,26). The van der Waals surface area contributed by atoms with Crippen molar-refractivity contribution in [3.05, 3.63) is 30.4 Å². The zero-order chi connectivity index (χ0) is 21.3. The third-order valence-corrected chi connectivity index (χ3v) is 5.60. The number of nitrogens with zero attached hydrogens (tertiary/aromatic N) is 5. The first kappa shape index (κ1) is 20.4. The van der Waals surface area contributed by atoms with E-state index >= 15 is 0 Å². The van der Waals surface area contributed by atoms with Gasteiger partial charge in [0.2, 0.25) is 0 Å². The fraction of sp³-hybridized carbons (Fsp3) is 0.545. The summed E-state index contributed by atoms with van der Waals surface area (Å²) >= 11 is 0. The number of piperidine rings is 1. The molecule has 1 aliphatic heterocycles. The van der Waals surface area contributed by atoms with E-state index in [0.717, 1.165) is 54.3 Å². The first-order chi connectivity index (χ1) is 14.3. The number of Topliss-reactive ketones (excluding diaryl/α,β-unsaturated/α-hetero) is 1. The molecular weight excluding hydrogens is 378 g/mol. The molecule has 2 N–H and O–H groups in total. The number of hydrogen-bond acceptors (Lipinski definition) is 6.